The Bertz CT molecular complexity index is 1020. The van der Waals surface area contributed by atoms with Crippen LogP contribution in [0.3, 0.4) is 0 Å². The molecule has 1 N–H and O–H groups in total. The Morgan fingerprint density at radius 1 is 0.969 bits per heavy atom. The number of aryl methyl sites for hydroxylation is 2. The topological polar surface area (TPSA) is 43.4 Å². The molecule has 1 heterocycles. The van der Waals surface area contributed by atoms with Crippen molar-refractivity contribution in [3.63, 3.8) is 0 Å². The number of hydrogen-bond donors (Lipinski definition) is 1. The quantitative estimate of drug-likeness (QED) is 0.288. The lowest BCUT2D eigenvalue weighted by atomic mass is 9.94. The fourth-order valence-corrected chi connectivity index (χ4v) is 4.03. The highest BCUT2D eigenvalue weighted by molar-refractivity contribution is 7.80. The summed E-state index contributed by atoms with van der Waals surface area (Å²) >= 11 is 5.68. The monoisotopic (exact) mass is 448 g/mol. The number of nitrogens with one attached hydrogen (secondary N) is 1. The van der Waals surface area contributed by atoms with Crippen LogP contribution in [0.25, 0.3) is 11.1 Å². The molecule has 0 bridgehead atoms. The van der Waals surface area contributed by atoms with Crippen molar-refractivity contribution in [2.75, 3.05) is 20.8 Å². The first-order valence-electron chi connectivity index (χ1n) is 11.2. The third-order valence-electron chi connectivity index (χ3n) is 5.48. The molecule has 0 fully saturated rings. The Morgan fingerprint density at radius 2 is 1.81 bits per heavy atom. The minimum Gasteiger partial charge on any atom is -0.493 e. The Kier molecular flexibility index (Phi) is 9.05. The molecule has 0 aliphatic heterocycles. The van der Waals surface area contributed by atoms with Gasteiger partial charge in [-0.3, -0.25) is 4.98 Å². The third-order valence-corrected chi connectivity index (χ3v) is 5.86. The maximum atomic E-state index is 5.68. The Morgan fingerprint density at radius 3 is 2.53 bits per heavy atom. The second-order valence-corrected chi connectivity index (χ2v) is 8.17. The zero-order valence-electron chi connectivity index (χ0n) is 19.2. The number of aromatic nitrogens is 1. The molecule has 0 amide bonds. The molecule has 0 saturated heterocycles. The standard InChI is InChI=1S/C27H32N2O2S/c1-4-8-21-17-23(27(32)29-16-6-5-9-20-10-7-15-28-19-20)11-13-24(21)22-12-14-25(30-2)26(18-22)31-3/h7,10-15,17-19H,4-6,8-9,16H2,1-3H3,(H,29,32). The largest absolute Gasteiger partial charge is 0.493 e. The van der Waals surface area contributed by atoms with Gasteiger partial charge in [-0.25, -0.2) is 0 Å². The molecule has 0 aliphatic carbocycles. The van der Waals surface area contributed by atoms with Crippen molar-refractivity contribution < 1.29 is 9.47 Å². The van der Waals surface area contributed by atoms with Gasteiger partial charge in [0.15, 0.2) is 11.5 Å². The average Bonchev–Trinajstić information content (AvgIpc) is 2.84. The molecule has 0 saturated carbocycles. The number of rotatable bonds is 11. The first-order valence-corrected chi connectivity index (χ1v) is 11.6. The normalized spacial score (nSPS) is 10.6. The van der Waals surface area contributed by atoms with Crippen molar-refractivity contribution in [1.82, 2.24) is 10.3 Å². The number of methoxy groups -OCH3 is 2. The summed E-state index contributed by atoms with van der Waals surface area (Å²) in [5.41, 5.74) is 5.96. The van der Waals surface area contributed by atoms with E-state index in [1.165, 1.54) is 16.7 Å². The highest BCUT2D eigenvalue weighted by atomic mass is 32.1. The molecule has 4 nitrogen and oxygen atoms in total. The van der Waals surface area contributed by atoms with E-state index in [4.69, 9.17) is 21.7 Å². The van der Waals surface area contributed by atoms with Crippen LogP contribution in [0.1, 0.15) is 42.9 Å². The van der Waals surface area contributed by atoms with E-state index < -0.39 is 0 Å². The number of hydrogen-bond acceptors (Lipinski definition) is 4. The predicted octanol–water partition coefficient (Wildman–Crippen LogP) is 6.01. The highest BCUT2D eigenvalue weighted by Gasteiger charge is 2.12. The maximum Gasteiger partial charge on any atom is 0.161 e. The van der Waals surface area contributed by atoms with Gasteiger partial charge in [0.25, 0.3) is 0 Å². The van der Waals surface area contributed by atoms with Gasteiger partial charge in [-0.2, -0.15) is 0 Å². The van der Waals surface area contributed by atoms with Crippen LogP contribution in [-0.4, -0.2) is 30.7 Å². The highest BCUT2D eigenvalue weighted by Crippen LogP contribution is 2.34. The first kappa shape index (κ1) is 23.7. The fourth-order valence-electron chi connectivity index (χ4n) is 3.80. The van der Waals surface area contributed by atoms with E-state index in [1.807, 2.05) is 30.6 Å². The summed E-state index contributed by atoms with van der Waals surface area (Å²) < 4.78 is 10.9. The molecule has 3 aromatic rings. The van der Waals surface area contributed by atoms with Crippen LogP contribution in [0.15, 0.2) is 60.9 Å². The zero-order valence-corrected chi connectivity index (χ0v) is 20.0. The van der Waals surface area contributed by atoms with Crippen LogP contribution in [-0.2, 0) is 12.8 Å². The molecule has 0 atom stereocenters. The lowest BCUT2D eigenvalue weighted by molar-refractivity contribution is 0.355. The number of unbranched alkanes of at least 4 members (excludes halogenated alkanes) is 1. The molecule has 32 heavy (non-hydrogen) atoms. The number of ether oxygens (including phenoxy) is 2. The van der Waals surface area contributed by atoms with E-state index in [-0.39, 0.29) is 0 Å². The maximum absolute atomic E-state index is 5.68. The lowest BCUT2D eigenvalue weighted by Gasteiger charge is -2.15. The van der Waals surface area contributed by atoms with Crippen LogP contribution in [0.4, 0.5) is 0 Å². The minimum absolute atomic E-state index is 0.735. The summed E-state index contributed by atoms with van der Waals surface area (Å²) in [5.74, 6) is 1.47. The molecular weight excluding hydrogens is 416 g/mol. The van der Waals surface area contributed by atoms with Crippen molar-refractivity contribution in [2.45, 2.75) is 39.0 Å². The second kappa shape index (κ2) is 12.2. The van der Waals surface area contributed by atoms with Crippen molar-refractivity contribution in [2.24, 2.45) is 0 Å². The molecule has 168 valence electrons. The van der Waals surface area contributed by atoms with Crippen molar-refractivity contribution >= 4 is 17.2 Å². The van der Waals surface area contributed by atoms with Crippen LogP contribution < -0.4 is 14.8 Å². The van der Waals surface area contributed by atoms with Gasteiger partial charge < -0.3 is 14.8 Å². The SMILES string of the molecule is CCCc1cc(C(=S)NCCCCc2cccnc2)ccc1-c1ccc(OC)c(OC)c1. The summed E-state index contributed by atoms with van der Waals surface area (Å²) in [7, 11) is 3.32. The van der Waals surface area contributed by atoms with Gasteiger partial charge in [0, 0.05) is 24.5 Å². The van der Waals surface area contributed by atoms with Gasteiger partial charge in [-0.1, -0.05) is 49.8 Å². The zero-order chi connectivity index (χ0) is 22.8. The van der Waals surface area contributed by atoms with E-state index >= 15 is 0 Å². The molecular formula is C27H32N2O2S. The Balaban J connectivity index is 1.65. The van der Waals surface area contributed by atoms with Gasteiger partial charge in [-0.15, -0.1) is 0 Å². The molecule has 0 unspecified atom stereocenters. The van der Waals surface area contributed by atoms with E-state index in [1.54, 1.807) is 14.2 Å². The smallest absolute Gasteiger partial charge is 0.161 e. The van der Waals surface area contributed by atoms with Crippen molar-refractivity contribution in [1.29, 1.82) is 0 Å². The summed E-state index contributed by atoms with van der Waals surface area (Å²) in [6.07, 6.45) is 9.04. The summed E-state index contributed by atoms with van der Waals surface area (Å²) in [5, 5.41) is 3.43. The van der Waals surface area contributed by atoms with Crippen LogP contribution in [0.5, 0.6) is 11.5 Å². The molecule has 3 rings (SSSR count). The van der Waals surface area contributed by atoms with E-state index in [9.17, 15) is 0 Å². The fraction of sp³-hybridized carbons (Fsp3) is 0.333. The minimum atomic E-state index is 0.735. The van der Waals surface area contributed by atoms with Gasteiger partial charge in [0.05, 0.1) is 14.2 Å². The van der Waals surface area contributed by atoms with E-state index in [0.717, 1.165) is 66.3 Å². The van der Waals surface area contributed by atoms with Crippen LogP contribution in [0.2, 0.25) is 0 Å². The van der Waals surface area contributed by atoms with Gasteiger partial charge in [0.1, 0.15) is 4.99 Å². The predicted molar refractivity (Wildman–Crippen MR) is 136 cm³/mol. The number of nitrogens with zero attached hydrogens (tertiary/aromatic N) is 1. The van der Waals surface area contributed by atoms with Gasteiger partial charge in [0.2, 0.25) is 0 Å². The number of benzene rings is 2. The Labute approximate surface area is 197 Å². The third kappa shape index (κ3) is 6.30. The number of pyridine rings is 1. The van der Waals surface area contributed by atoms with Gasteiger partial charge in [-0.05, 0) is 72.2 Å². The molecule has 2 aromatic carbocycles. The molecule has 0 aliphatic rings. The summed E-state index contributed by atoms with van der Waals surface area (Å²) in [4.78, 5) is 4.98. The van der Waals surface area contributed by atoms with E-state index in [2.05, 4.69) is 47.6 Å². The first-order chi connectivity index (χ1) is 15.7. The summed E-state index contributed by atoms with van der Waals surface area (Å²) in [6.45, 7) is 3.07. The average molecular weight is 449 g/mol. The van der Waals surface area contributed by atoms with Crippen molar-refractivity contribution in [3.8, 4) is 22.6 Å². The lowest BCUT2D eigenvalue weighted by Crippen LogP contribution is -2.23. The van der Waals surface area contributed by atoms with Crippen molar-refractivity contribution in [3.05, 3.63) is 77.6 Å². The second-order valence-electron chi connectivity index (χ2n) is 7.77. The number of thiocarbonyl (C=S) groups is 1. The summed E-state index contributed by atoms with van der Waals surface area (Å²) in [6, 6.07) is 16.7. The van der Waals surface area contributed by atoms with Crippen LogP contribution >= 0.6 is 12.2 Å². The molecule has 0 spiro atoms. The molecule has 1 aromatic heterocycles. The van der Waals surface area contributed by atoms with E-state index in [0.29, 0.717) is 0 Å². The van der Waals surface area contributed by atoms with Gasteiger partial charge >= 0.3 is 0 Å². The Hall–Kier alpha value is -2.92. The molecule has 5 heteroatoms. The van der Waals surface area contributed by atoms with Crippen LogP contribution in [0, 0.1) is 0 Å². The molecule has 0 radical (unpaired) electrons.